The van der Waals surface area contributed by atoms with E-state index in [0.29, 0.717) is 0 Å². The number of hydrogen-bond donors (Lipinski definition) is 2. The van der Waals surface area contributed by atoms with Crippen LogP contribution in [0.25, 0.3) is 0 Å². The number of anilines is 1. The van der Waals surface area contributed by atoms with Crippen molar-refractivity contribution in [2.45, 2.75) is 13.3 Å². The minimum Gasteiger partial charge on any atom is -0.383 e. The first kappa shape index (κ1) is 13.2. The van der Waals surface area contributed by atoms with E-state index < -0.39 is 0 Å². The van der Waals surface area contributed by atoms with E-state index in [-0.39, 0.29) is 6.03 Å². The van der Waals surface area contributed by atoms with Gasteiger partial charge in [0.05, 0.1) is 0 Å². The van der Waals surface area contributed by atoms with E-state index >= 15 is 0 Å². The van der Waals surface area contributed by atoms with Crippen molar-refractivity contribution in [2.24, 2.45) is 0 Å². The maximum absolute atomic E-state index is 11.4. The lowest BCUT2D eigenvalue weighted by atomic mass is 10.1. The fraction of sp³-hybridized carbons (Fsp3) is 0.462. The van der Waals surface area contributed by atoms with Crippen LogP contribution in [0.15, 0.2) is 22.7 Å². The lowest BCUT2D eigenvalue weighted by Crippen LogP contribution is -2.32. The standard InChI is InChI=1S/C13H18BrN3O/c1-2-10-9-11(14)3-4-12(10)15-5-7-17-8-6-16-13(17)18/h3-4,9,15H,2,5-8H2,1H3,(H,16,18). The number of amides is 2. The van der Waals surface area contributed by atoms with Crippen LogP contribution in [0.3, 0.4) is 0 Å². The fourth-order valence-corrected chi connectivity index (χ4v) is 2.49. The van der Waals surface area contributed by atoms with Crippen molar-refractivity contribution in [3.63, 3.8) is 0 Å². The molecule has 0 aromatic heterocycles. The van der Waals surface area contributed by atoms with Crippen molar-refractivity contribution in [1.29, 1.82) is 0 Å². The zero-order valence-electron chi connectivity index (χ0n) is 10.5. The Labute approximate surface area is 116 Å². The van der Waals surface area contributed by atoms with Crippen molar-refractivity contribution in [3.8, 4) is 0 Å². The predicted molar refractivity (Wildman–Crippen MR) is 77.0 cm³/mol. The van der Waals surface area contributed by atoms with E-state index in [2.05, 4.69) is 45.6 Å². The molecule has 1 aliphatic heterocycles. The maximum Gasteiger partial charge on any atom is 0.317 e. The molecule has 2 N–H and O–H groups in total. The van der Waals surface area contributed by atoms with E-state index in [1.165, 1.54) is 5.56 Å². The molecule has 1 aromatic carbocycles. The van der Waals surface area contributed by atoms with Gasteiger partial charge in [-0.1, -0.05) is 22.9 Å². The van der Waals surface area contributed by atoms with Crippen LogP contribution in [0.4, 0.5) is 10.5 Å². The highest BCUT2D eigenvalue weighted by Crippen LogP contribution is 2.21. The minimum atomic E-state index is 0.0447. The van der Waals surface area contributed by atoms with Gasteiger partial charge in [0.25, 0.3) is 0 Å². The molecule has 1 aliphatic rings. The normalized spacial score (nSPS) is 14.8. The average Bonchev–Trinajstić information content (AvgIpc) is 2.77. The summed E-state index contributed by atoms with van der Waals surface area (Å²) in [6, 6.07) is 6.28. The topological polar surface area (TPSA) is 44.4 Å². The number of halogens is 1. The van der Waals surface area contributed by atoms with Crippen molar-refractivity contribution >= 4 is 27.6 Å². The van der Waals surface area contributed by atoms with Gasteiger partial charge in [-0.2, -0.15) is 0 Å². The number of carbonyl (C=O) groups is 1. The first-order chi connectivity index (χ1) is 8.70. The third-order valence-corrected chi connectivity index (χ3v) is 3.58. The van der Waals surface area contributed by atoms with Gasteiger partial charge in [-0.05, 0) is 30.2 Å². The van der Waals surface area contributed by atoms with Gasteiger partial charge in [0.1, 0.15) is 0 Å². The molecule has 98 valence electrons. The molecule has 1 aromatic rings. The molecule has 1 saturated heterocycles. The summed E-state index contributed by atoms with van der Waals surface area (Å²) in [6.07, 6.45) is 0.992. The van der Waals surface area contributed by atoms with Crippen LogP contribution < -0.4 is 10.6 Å². The SMILES string of the molecule is CCc1cc(Br)ccc1NCCN1CCNC1=O. The molecule has 4 nitrogen and oxygen atoms in total. The molecule has 5 heteroatoms. The first-order valence-electron chi connectivity index (χ1n) is 6.25. The van der Waals surface area contributed by atoms with Crippen LogP contribution in [0.2, 0.25) is 0 Å². The number of benzene rings is 1. The van der Waals surface area contributed by atoms with Gasteiger partial charge in [-0.15, -0.1) is 0 Å². The summed E-state index contributed by atoms with van der Waals surface area (Å²) in [6.45, 7) is 5.23. The van der Waals surface area contributed by atoms with Gasteiger partial charge in [-0.3, -0.25) is 0 Å². The van der Waals surface area contributed by atoms with Crippen molar-refractivity contribution in [3.05, 3.63) is 28.2 Å². The molecule has 1 heterocycles. The molecular formula is C13H18BrN3O. The molecule has 0 radical (unpaired) electrons. The number of carbonyl (C=O) groups excluding carboxylic acids is 1. The molecule has 1 fully saturated rings. The molecule has 2 amide bonds. The highest BCUT2D eigenvalue weighted by molar-refractivity contribution is 9.10. The van der Waals surface area contributed by atoms with Crippen molar-refractivity contribution in [2.75, 3.05) is 31.5 Å². The second-order valence-electron chi connectivity index (χ2n) is 4.30. The summed E-state index contributed by atoms with van der Waals surface area (Å²) in [5, 5.41) is 6.20. The quantitative estimate of drug-likeness (QED) is 0.877. The van der Waals surface area contributed by atoms with E-state index in [9.17, 15) is 4.79 Å². The lowest BCUT2D eigenvalue weighted by Gasteiger charge is -2.16. The summed E-state index contributed by atoms with van der Waals surface area (Å²) >= 11 is 3.48. The van der Waals surface area contributed by atoms with Gasteiger partial charge in [0, 0.05) is 36.3 Å². The molecule has 2 rings (SSSR count). The Kier molecular flexibility index (Phi) is 4.47. The van der Waals surface area contributed by atoms with Crippen LogP contribution in [0.1, 0.15) is 12.5 Å². The van der Waals surface area contributed by atoms with E-state index in [0.717, 1.165) is 42.8 Å². The van der Waals surface area contributed by atoms with Gasteiger partial charge >= 0.3 is 6.03 Å². The monoisotopic (exact) mass is 311 g/mol. The Bertz CT molecular complexity index is 436. The Balaban J connectivity index is 1.88. The Morgan fingerprint density at radius 1 is 1.50 bits per heavy atom. The summed E-state index contributed by atoms with van der Waals surface area (Å²) in [4.78, 5) is 13.2. The fourth-order valence-electron chi connectivity index (χ4n) is 2.08. The van der Waals surface area contributed by atoms with Crippen molar-refractivity contribution in [1.82, 2.24) is 10.2 Å². The van der Waals surface area contributed by atoms with Crippen molar-refractivity contribution < 1.29 is 4.79 Å². The zero-order valence-corrected chi connectivity index (χ0v) is 12.1. The van der Waals surface area contributed by atoms with Crippen LogP contribution in [0.5, 0.6) is 0 Å². The molecular weight excluding hydrogens is 294 g/mol. The third-order valence-electron chi connectivity index (χ3n) is 3.09. The van der Waals surface area contributed by atoms with E-state index in [1.807, 2.05) is 11.0 Å². The highest BCUT2D eigenvalue weighted by Gasteiger charge is 2.18. The number of hydrogen-bond acceptors (Lipinski definition) is 2. The Hall–Kier alpha value is -1.23. The number of nitrogens with one attached hydrogen (secondary N) is 2. The van der Waals surface area contributed by atoms with Gasteiger partial charge in [0.15, 0.2) is 0 Å². The second kappa shape index (κ2) is 6.09. The zero-order chi connectivity index (χ0) is 13.0. The summed E-state index contributed by atoms with van der Waals surface area (Å²) < 4.78 is 1.10. The molecule has 0 spiro atoms. The molecule has 18 heavy (non-hydrogen) atoms. The van der Waals surface area contributed by atoms with Crippen LogP contribution in [-0.2, 0) is 6.42 Å². The molecule has 0 aliphatic carbocycles. The smallest absolute Gasteiger partial charge is 0.317 e. The number of aryl methyl sites for hydroxylation is 1. The molecule has 0 saturated carbocycles. The first-order valence-corrected chi connectivity index (χ1v) is 7.05. The summed E-state index contributed by atoms with van der Waals surface area (Å²) in [5.41, 5.74) is 2.44. The second-order valence-corrected chi connectivity index (χ2v) is 5.22. The van der Waals surface area contributed by atoms with Crippen LogP contribution in [-0.4, -0.2) is 37.1 Å². The van der Waals surface area contributed by atoms with Crippen LogP contribution in [0, 0.1) is 0 Å². The van der Waals surface area contributed by atoms with Crippen LogP contribution >= 0.6 is 15.9 Å². The Morgan fingerprint density at radius 3 is 3.00 bits per heavy atom. The molecule has 0 atom stereocenters. The number of urea groups is 1. The predicted octanol–water partition coefficient (Wildman–Crippen LogP) is 2.45. The molecule has 0 unspecified atom stereocenters. The lowest BCUT2D eigenvalue weighted by molar-refractivity contribution is 0.219. The Morgan fingerprint density at radius 2 is 2.33 bits per heavy atom. The van der Waals surface area contributed by atoms with E-state index in [1.54, 1.807) is 0 Å². The maximum atomic E-state index is 11.4. The minimum absolute atomic E-state index is 0.0447. The van der Waals surface area contributed by atoms with Gasteiger partial charge in [-0.25, -0.2) is 4.79 Å². The third kappa shape index (κ3) is 3.16. The van der Waals surface area contributed by atoms with Gasteiger partial charge in [0.2, 0.25) is 0 Å². The summed E-state index contributed by atoms with van der Waals surface area (Å²) in [7, 11) is 0. The molecule has 0 bridgehead atoms. The highest BCUT2D eigenvalue weighted by atomic mass is 79.9. The largest absolute Gasteiger partial charge is 0.383 e. The van der Waals surface area contributed by atoms with E-state index in [4.69, 9.17) is 0 Å². The summed E-state index contributed by atoms with van der Waals surface area (Å²) in [5.74, 6) is 0. The van der Waals surface area contributed by atoms with Gasteiger partial charge < -0.3 is 15.5 Å². The number of rotatable bonds is 5. The average molecular weight is 312 g/mol. The number of nitrogens with zero attached hydrogens (tertiary/aromatic N) is 1.